The van der Waals surface area contributed by atoms with E-state index in [2.05, 4.69) is 20.0 Å². The summed E-state index contributed by atoms with van der Waals surface area (Å²) in [7, 11) is 1.58. The quantitative estimate of drug-likeness (QED) is 0.560. The molecular formula is C14H18N6O4. The molecule has 0 unspecified atom stereocenters. The average Bonchev–Trinajstić information content (AvgIpc) is 3.03. The number of pyridine rings is 1. The summed E-state index contributed by atoms with van der Waals surface area (Å²) in [6, 6.07) is 3.05. The maximum Gasteiger partial charge on any atom is 0.311 e. The molecular weight excluding hydrogens is 316 g/mol. The van der Waals surface area contributed by atoms with Gasteiger partial charge in [-0.15, -0.1) is 0 Å². The van der Waals surface area contributed by atoms with Gasteiger partial charge in [-0.25, -0.2) is 4.98 Å². The molecule has 3 heterocycles. The van der Waals surface area contributed by atoms with E-state index in [0.29, 0.717) is 43.8 Å². The summed E-state index contributed by atoms with van der Waals surface area (Å²) in [6.45, 7) is 3.63. The third-order valence-corrected chi connectivity index (χ3v) is 3.78. The lowest BCUT2D eigenvalue weighted by Crippen LogP contribution is -2.46. The van der Waals surface area contributed by atoms with Crippen molar-refractivity contribution < 1.29 is 14.2 Å². The summed E-state index contributed by atoms with van der Waals surface area (Å²) >= 11 is 0. The summed E-state index contributed by atoms with van der Waals surface area (Å²) in [5.41, 5.74) is 0.0343. The molecule has 1 fully saturated rings. The van der Waals surface area contributed by atoms with E-state index < -0.39 is 4.92 Å². The molecule has 2 aromatic heterocycles. The van der Waals surface area contributed by atoms with Crippen LogP contribution in [0.1, 0.15) is 11.7 Å². The highest BCUT2D eigenvalue weighted by Gasteiger charge is 2.25. The highest BCUT2D eigenvalue weighted by Crippen LogP contribution is 2.25. The van der Waals surface area contributed by atoms with Gasteiger partial charge in [0.1, 0.15) is 6.61 Å². The second-order valence-electron chi connectivity index (χ2n) is 5.40. The fraction of sp³-hybridized carbons (Fsp3) is 0.500. The fourth-order valence-electron chi connectivity index (χ4n) is 2.63. The van der Waals surface area contributed by atoms with E-state index in [0.717, 1.165) is 13.1 Å². The topological polar surface area (TPSA) is 111 Å². The number of anilines is 1. The minimum Gasteiger partial charge on any atom is -0.377 e. The van der Waals surface area contributed by atoms with Crippen molar-refractivity contribution in [2.75, 3.05) is 38.2 Å². The van der Waals surface area contributed by atoms with Gasteiger partial charge in [-0.2, -0.15) is 4.98 Å². The molecule has 2 aromatic rings. The number of nitro groups is 1. The molecule has 0 atom stereocenters. The summed E-state index contributed by atoms with van der Waals surface area (Å²) < 4.78 is 10.1. The fourth-order valence-corrected chi connectivity index (χ4v) is 2.63. The van der Waals surface area contributed by atoms with E-state index in [4.69, 9.17) is 9.26 Å². The van der Waals surface area contributed by atoms with Crippen molar-refractivity contribution in [1.29, 1.82) is 0 Å². The predicted octanol–water partition coefficient (Wildman–Crippen LogP) is 0.841. The number of aromatic nitrogens is 3. The number of hydrogen-bond donors (Lipinski definition) is 0. The summed E-state index contributed by atoms with van der Waals surface area (Å²) in [5, 5.41) is 14.9. The molecule has 1 aliphatic heterocycles. The van der Waals surface area contributed by atoms with E-state index in [9.17, 15) is 10.1 Å². The Balaban J connectivity index is 1.58. The first-order valence-electron chi connectivity index (χ1n) is 7.54. The summed E-state index contributed by atoms with van der Waals surface area (Å²) in [4.78, 5) is 23.2. The molecule has 3 rings (SSSR count). The Bertz CT molecular complexity index is 698. The number of methoxy groups -OCH3 is 1. The van der Waals surface area contributed by atoms with Crippen molar-refractivity contribution in [2.45, 2.75) is 13.2 Å². The van der Waals surface area contributed by atoms with Crippen molar-refractivity contribution in [3.63, 3.8) is 0 Å². The Morgan fingerprint density at radius 3 is 2.88 bits per heavy atom. The number of nitrogens with zero attached hydrogens (tertiary/aromatic N) is 6. The first-order chi connectivity index (χ1) is 11.7. The zero-order valence-corrected chi connectivity index (χ0v) is 13.3. The molecule has 0 bridgehead atoms. The zero-order valence-electron chi connectivity index (χ0n) is 13.3. The van der Waals surface area contributed by atoms with Crippen LogP contribution in [0.2, 0.25) is 0 Å². The number of piperazine rings is 1. The maximum atomic E-state index is 11.1. The van der Waals surface area contributed by atoms with Crippen LogP contribution in [-0.4, -0.2) is 58.2 Å². The Hall–Kier alpha value is -2.59. The van der Waals surface area contributed by atoms with Crippen LogP contribution in [0, 0.1) is 10.1 Å². The van der Waals surface area contributed by atoms with E-state index >= 15 is 0 Å². The van der Waals surface area contributed by atoms with Crippen LogP contribution in [-0.2, 0) is 17.9 Å². The minimum absolute atomic E-state index is 0.0343. The monoisotopic (exact) mass is 334 g/mol. The van der Waals surface area contributed by atoms with Crippen LogP contribution < -0.4 is 4.90 Å². The van der Waals surface area contributed by atoms with Gasteiger partial charge in [-0.05, 0) is 6.07 Å². The Labute approximate surface area is 138 Å². The van der Waals surface area contributed by atoms with Gasteiger partial charge in [0, 0.05) is 45.6 Å². The third kappa shape index (κ3) is 3.66. The highest BCUT2D eigenvalue weighted by molar-refractivity contribution is 5.57. The van der Waals surface area contributed by atoms with E-state index in [1.54, 1.807) is 19.4 Å². The highest BCUT2D eigenvalue weighted by atomic mass is 16.6. The Morgan fingerprint density at radius 2 is 2.17 bits per heavy atom. The largest absolute Gasteiger partial charge is 0.377 e. The van der Waals surface area contributed by atoms with Crippen molar-refractivity contribution in [3.05, 3.63) is 40.2 Å². The smallest absolute Gasteiger partial charge is 0.311 e. The standard InChI is InChI=1S/C14H18N6O4/c1-23-10-12-16-13(24-17-12)9-18-5-7-19(8-6-18)14-11(20(21)22)3-2-4-15-14/h2-4H,5-10H2,1H3. The molecule has 24 heavy (non-hydrogen) atoms. The van der Waals surface area contributed by atoms with E-state index in [-0.39, 0.29) is 5.69 Å². The lowest BCUT2D eigenvalue weighted by Gasteiger charge is -2.34. The van der Waals surface area contributed by atoms with Crippen molar-refractivity contribution in [3.8, 4) is 0 Å². The van der Waals surface area contributed by atoms with Gasteiger partial charge < -0.3 is 14.2 Å². The molecule has 0 radical (unpaired) electrons. The van der Waals surface area contributed by atoms with Gasteiger partial charge in [0.2, 0.25) is 11.7 Å². The molecule has 0 aromatic carbocycles. The van der Waals surface area contributed by atoms with Gasteiger partial charge in [0.15, 0.2) is 5.82 Å². The van der Waals surface area contributed by atoms with Crippen LogP contribution in [0.5, 0.6) is 0 Å². The van der Waals surface area contributed by atoms with Gasteiger partial charge >= 0.3 is 5.69 Å². The van der Waals surface area contributed by atoms with Crippen molar-refractivity contribution in [1.82, 2.24) is 20.0 Å². The third-order valence-electron chi connectivity index (χ3n) is 3.78. The summed E-state index contributed by atoms with van der Waals surface area (Å²) in [5.74, 6) is 1.48. The average molecular weight is 334 g/mol. The summed E-state index contributed by atoms with van der Waals surface area (Å²) in [6.07, 6.45) is 1.57. The SMILES string of the molecule is COCc1noc(CN2CCN(c3ncccc3[N+](=O)[O-])CC2)n1. The second-order valence-corrected chi connectivity index (χ2v) is 5.40. The van der Waals surface area contributed by atoms with Gasteiger partial charge in [-0.3, -0.25) is 15.0 Å². The number of rotatable bonds is 6. The molecule has 0 amide bonds. The van der Waals surface area contributed by atoms with Crippen LogP contribution in [0.25, 0.3) is 0 Å². The van der Waals surface area contributed by atoms with Crippen LogP contribution in [0.3, 0.4) is 0 Å². The lowest BCUT2D eigenvalue weighted by molar-refractivity contribution is -0.384. The number of hydrogen-bond acceptors (Lipinski definition) is 9. The Kier molecular flexibility index (Phi) is 4.96. The predicted molar refractivity (Wildman–Crippen MR) is 83.4 cm³/mol. The number of ether oxygens (including phenoxy) is 1. The van der Waals surface area contributed by atoms with Gasteiger partial charge in [-0.1, -0.05) is 5.16 Å². The maximum absolute atomic E-state index is 11.1. The first-order valence-corrected chi connectivity index (χ1v) is 7.54. The van der Waals surface area contributed by atoms with Crippen LogP contribution in [0.15, 0.2) is 22.9 Å². The molecule has 1 aliphatic rings. The first kappa shape index (κ1) is 16.3. The van der Waals surface area contributed by atoms with Gasteiger partial charge in [0.05, 0.1) is 11.5 Å². The van der Waals surface area contributed by atoms with E-state index in [1.165, 1.54) is 6.07 Å². The van der Waals surface area contributed by atoms with Crippen molar-refractivity contribution >= 4 is 11.5 Å². The molecule has 1 saturated heterocycles. The molecule has 0 N–H and O–H groups in total. The normalized spacial score (nSPS) is 15.6. The van der Waals surface area contributed by atoms with Crippen molar-refractivity contribution in [2.24, 2.45) is 0 Å². The molecule has 10 heteroatoms. The van der Waals surface area contributed by atoms with E-state index in [1.807, 2.05) is 4.90 Å². The molecule has 0 spiro atoms. The molecule has 0 saturated carbocycles. The van der Waals surface area contributed by atoms with Crippen LogP contribution >= 0.6 is 0 Å². The zero-order chi connectivity index (χ0) is 16.9. The molecule has 0 aliphatic carbocycles. The second kappa shape index (κ2) is 7.32. The molecule has 128 valence electrons. The van der Waals surface area contributed by atoms with Crippen LogP contribution in [0.4, 0.5) is 11.5 Å². The lowest BCUT2D eigenvalue weighted by atomic mass is 10.3. The molecule has 10 nitrogen and oxygen atoms in total. The minimum atomic E-state index is -0.398. The Morgan fingerprint density at radius 1 is 1.38 bits per heavy atom. The van der Waals surface area contributed by atoms with Gasteiger partial charge in [0.25, 0.3) is 0 Å².